The van der Waals surface area contributed by atoms with Crippen LogP contribution in [0, 0.1) is 6.92 Å². The van der Waals surface area contributed by atoms with Crippen LogP contribution in [0.3, 0.4) is 0 Å². The predicted molar refractivity (Wildman–Crippen MR) is 62.4 cm³/mol. The topological polar surface area (TPSA) is 37.0 Å². The number of hydrogen-bond acceptors (Lipinski definition) is 2. The van der Waals surface area contributed by atoms with E-state index in [0.717, 1.165) is 17.8 Å². The summed E-state index contributed by atoms with van der Waals surface area (Å²) < 4.78 is 5.32. The molecule has 15 heavy (non-hydrogen) atoms. The van der Waals surface area contributed by atoms with Crippen molar-refractivity contribution in [3.8, 4) is 5.75 Å². The van der Waals surface area contributed by atoms with E-state index >= 15 is 0 Å². The van der Waals surface area contributed by atoms with Gasteiger partial charge in [-0.15, -0.1) is 0 Å². The van der Waals surface area contributed by atoms with Crippen molar-refractivity contribution in [2.45, 2.75) is 13.5 Å². The Hall–Kier alpha value is -1.48. The second-order valence-corrected chi connectivity index (χ2v) is 3.64. The van der Waals surface area contributed by atoms with E-state index in [2.05, 4.69) is 23.3 Å². The van der Waals surface area contributed by atoms with Crippen molar-refractivity contribution in [2.75, 3.05) is 14.2 Å². The molecule has 3 nitrogen and oxygen atoms in total. The first-order valence-electron chi connectivity index (χ1n) is 5.06. The van der Waals surface area contributed by atoms with Gasteiger partial charge in [-0.1, -0.05) is 12.1 Å². The van der Waals surface area contributed by atoms with Gasteiger partial charge in [0.1, 0.15) is 5.75 Å². The average Bonchev–Trinajstić information content (AvgIpc) is 2.56. The van der Waals surface area contributed by atoms with Gasteiger partial charge in [-0.05, 0) is 25.6 Å². The number of rotatable bonds is 3. The van der Waals surface area contributed by atoms with Gasteiger partial charge in [-0.2, -0.15) is 0 Å². The first kappa shape index (κ1) is 10.1. The van der Waals surface area contributed by atoms with E-state index < -0.39 is 0 Å². The molecule has 3 heteroatoms. The molecule has 2 rings (SSSR count). The highest BCUT2D eigenvalue weighted by molar-refractivity contribution is 5.89. The number of ether oxygens (including phenoxy) is 1. The summed E-state index contributed by atoms with van der Waals surface area (Å²) in [6.07, 6.45) is 0. The van der Waals surface area contributed by atoms with Crippen LogP contribution in [0.15, 0.2) is 18.2 Å². The number of H-pyrrole nitrogens is 1. The Balaban J connectivity index is 2.67. The molecule has 0 bridgehead atoms. The Morgan fingerprint density at radius 3 is 2.87 bits per heavy atom. The summed E-state index contributed by atoms with van der Waals surface area (Å²) in [4.78, 5) is 3.37. The highest BCUT2D eigenvalue weighted by Crippen LogP contribution is 2.29. The first-order chi connectivity index (χ1) is 7.27. The summed E-state index contributed by atoms with van der Waals surface area (Å²) in [7, 11) is 3.65. The van der Waals surface area contributed by atoms with Crippen molar-refractivity contribution in [3.05, 3.63) is 29.5 Å². The fraction of sp³-hybridized carbons (Fsp3) is 0.333. The summed E-state index contributed by atoms with van der Waals surface area (Å²) in [6, 6.07) is 6.11. The number of nitrogens with one attached hydrogen (secondary N) is 2. The van der Waals surface area contributed by atoms with Crippen LogP contribution < -0.4 is 10.1 Å². The van der Waals surface area contributed by atoms with Gasteiger partial charge < -0.3 is 15.0 Å². The second kappa shape index (κ2) is 3.95. The Morgan fingerprint density at radius 1 is 1.40 bits per heavy atom. The Morgan fingerprint density at radius 2 is 2.20 bits per heavy atom. The van der Waals surface area contributed by atoms with Crippen molar-refractivity contribution in [2.24, 2.45) is 0 Å². The zero-order valence-electron chi connectivity index (χ0n) is 9.35. The Labute approximate surface area is 89.4 Å². The number of methoxy groups -OCH3 is 1. The maximum atomic E-state index is 5.32. The molecule has 0 spiro atoms. The lowest BCUT2D eigenvalue weighted by Crippen LogP contribution is -2.05. The van der Waals surface area contributed by atoms with Crippen LogP contribution in [0.1, 0.15) is 11.3 Å². The number of para-hydroxylation sites is 1. The molecule has 80 valence electrons. The van der Waals surface area contributed by atoms with Gasteiger partial charge in [-0.25, -0.2) is 0 Å². The largest absolute Gasteiger partial charge is 0.495 e. The quantitative estimate of drug-likeness (QED) is 0.804. The molecule has 0 saturated heterocycles. The smallest absolute Gasteiger partial charge is 0.142 e. The molecule has 1 aromatic heterocycles. The molecule has 0 atom stereocenters. The van der Waals surface area contributed by atoms with Crippen LogP contribution in [0.4, 0.5) is 0 Å². The molecular formula is C12H16N2O. The molecule has 1 aromatic carbocycles. The first-order valence-corrected chi connectivity index (χ1v) is 5.06. The van der Waals surface area contributed by atoms with E-state index in [-0.39, 0.29) is 0 Å². The number of hydrogen-bond donors (Lipinski definition) is 2. The zero-order valence-corrected chi connectivity index (χ0v) is 9.35. The molecule has 2 N–H and O–H groups in total. The van der Waals surface area contributed by atoms with Crippen molar-refractivity contribution >= 4 is 10.9 Å². The highest BCUT2D eigenvalue weighted by atomic mass is 16.5. The van der Waals surface area contributed by atoms with Crippen molar-refractivity contribution in [3.63, 3.8) is 0 Å². The summed E-state index contributed by atoms with van der Waals surface area (Å²) >= 11 is 0. The standard InChI is InChI=1S/C12H16N2O/c1-8-10(7-13-2)9-5-4-6-11(15-3)12(9)14-8/h4-6,13-14H,7H2,1-3H3. The highest BCUT2D eigenvalue weighted by Gasteiger charge is 2.10. The van der Waals surface area contributed by atoms with Crippen LogP contribution in [0.5, 0.6) is 5.75 Å². The van der Waals surface area contributed by atoms with Gasteiger partial charge in [0.25, 0.3) is 0 Å². The maximum Gasteiger partial charge on any atom is 0.142 e. The molecule has 0 fully saturated rings. The molecule has 0 radical (unpaired) electrons. The summed E-state index contributed by atoms with van der Waals surface area (Å²) in [5, 5.41) is 4.42. The molecule has 2 aromatic rings. The third-order valence-electron chi connectivity index (χ3n) is 2.69. The molecule has 0 aliphatic carbocycles. The molecule has 0 amide bonds. The monoisotopic (exact) mass is 204 g/mol. The van der Waals surface area contributed by atoms with E-state index in [4.69, 9.17) is 4.74 Å². The average molecular weight is 204 g/mol. The normalized spacial score (nSPS) is 10.9. The zero-order chi connectivity index (χ0) is 10.8. The van der Waals surface area contributed by atoms with Gasteiger partial charge >= 0.3 is 0 Å². The molecule has 0 aliphatic heterocycles. The summed E-state index contributed by atoms with van der Waals surface area (Å²) in [6.45, 7) is 2.96. The number of fused-ring (bicyclic) bond motifs is 1. The van der Waals surface area contributed by atoms with Gasteiger partial charge in [0, 0.05) is 17.6 Å². The van der Waals surface area contributed by atoms with Crippen LogP contribution in [-0.2, 0) is 6.54 Å². The number of aromatic amines is 1. The van der Waals surface area contributed by atoms with Gasteiger partial charge in [0.2, 0.25) is 0 Å². The third-order valence-corrected chi connectivity index (χ3v) is 2.69. The molecule has 0 aliphatic rings. The van der Waals surface area contributed by atoms with Gasteiger partial charge in [0.15, 0.2) is 0 Å². The number of benzene rings is 1. The number of aromatic nitrogens is 1. The number of aryl methyl sites for hydroxylation is 1. The lowest BCUT2D eigenvalue weighted by Gasteiger charge is -2.01. The van der Waals surface area contributed by atoms with Crippen molar-refractivity contribution in [1.82, 2.24) is 10.3 Å². The maximum absolute atomic E-state index is 5.32. The molecule has 0 unspecified atom stereocenters. The Kier molecular flexibility index (Phi) is 2.64. The van der Waals surface area contributed by atoms with Crippen LogP contribution in [-0.4, -0.2) is 19.1 Å². The van der Waals surface area contributed by atoms with Crippen LogP contribution >= 0.6 is 0 Å². The minimum absolute atomic E-state index is 0.874. The fourth-order valence-electron chi connectivity index (χ4n) is 1.95. The third kappa shape index (κ3) is 1.59. The minimum Gasteiger partial charge on any atom is -0.495 e. The predicted octanol–water partition coefficient (Wildman–Crippen LogP) is 2.20. The van der Waals surface area contributed by atoms with Crippen molar-refractivity contribution < 1.29 is 4.74 Å². The van der Waals surface area contributed by atoms with Gasteiger partial charge in [-0.3, -0.25) is 0 Å². The van der Waals surface area contributed by atoms with E-state index in [1.807, 2.05) is 19.2 Å². The lowest BCUT2D eigenvalue weighted by atomic mass is 10.1. The summed E-state index contributed by atoms with van der Waals surface area (Å²) in [5.74, 6) is 0.901. The molecular weight excluding hydrogens is 188 g/mol. The lowest BCUT2D eigenvalue weighted by molar-refractivity contribution is 0.419. The van der Waals surface area contributed by atoms with Crippen LogP contribution in [0.2, 0.25) is 0 Å². The van der Waals surface area contributed by atoms with E-state index in [0.29, 0.717) is 0 Å². The van der Waals surface area contributed by atoms with Gasteiger partial charge in [0.05, 0.1) is 12.6 Å². The Bertz CT molecular complexity index is 474. The van der Waals surface area contributed by atoms with E-state index in [9.17, 15) is 0 Å². The van der Waals surface area contributed by atoms with Crippen LogP contribution in [0.25, 0.3) is 10.9 Å². The molecule has 1 heterocycles. The minimum atomic E-state index is 0.874. The second-order valence-electron chi connectivity index (χ2n) is 3.64. The van der Waals surface area contributed by atoms with Crippen molar-refractivity contribution in [1.29, 1.82) is 0 Å². The molecule has 0 saturated carbocycles. The summed E-state index contributed by atoms with van der Waals surface area (Å²) in [5.41, 5.74) is 3.60. The van der Waals surface area contributed by atoms with E-state index in [1.165, 1.54) is 16.6 Å². The fourth-order valence-corrected chi connectivity index (χ4v) is 1.95. The SMILES string of the molecule is CNCc1c(C)[nH]c2c(OC)cccc12. The van der Waals surface area contributed by atoms with E-state index in [1.54, 1.807) is 7.11 Å².